The van der Waals surface area contributed by atoms with Gasteiger partial charge in [0.15, 0.2) is 0 Å². The van der Waals surface area contributed by atoms with E-state index in [2.05, 4.69) is 21.7 Å². The third-order valence-electron chi connectivity index (χ3n) is 3.88. The lowest BCUT2D eigenvalue weighted by Gasteiger charge is -2.41. The first-order valence-electron chi connectivity index (χ1n) is 6.34. The summed E-state index contributed by atoms with van der Waals surface area (Å²) in [7, 11) is 0. The van der Waals surface area contributed by atoms with Crippen molar-refractivity contribution >= 4 is 6.01 Å². The summed E-state index contributed by atoms with van der Waals surface area (Å²) in [5.41, 5.74) is 0.612. The number of aliphatic hydroxyl groups is 1. The minimum atomic E-state index is -0.0543. The molecule has 2 saturated heterocycles. The molecule has 17 heavy (non-hydrogen) atoms. The zero-order chi connectivity index (χ0) is 11.8. The number of rotatable bonds is 2. The summed E-state index contributed by atoms with van der Waals surface area (Å²) >= 11 is 0. The maximum atomic E-state index is 9.02. The topological polar surface area (TPSA) is 52.7 Å². The molecule has 1 aromatic heterocycles. The molecule has 2 aliphatic rings. The van der Waals surface area contributed by atoms with Crippen LogP contribution in [0.15, 0.2) is 10.7 Å². The molecule has 0 aromatic carbocycles. The van der Waals surface area contributed by atoms with Gasteiger partial charge in [-0.2, -0.15) is 4.98 Å². The number of aromatic nitrogens is 1. The Hall–Kier alpha value is -1.07. The Labute approximate surface area is 101 Å². The molecule has 0 radical (unpaired) electrons. The third kappa shape index (κ3) is 1.93. The van der Waals surface area contributed by atoms with Gasteiger partial charge in [-0.25, -0.2) is 0 Å². The molecule has 5 heteroatoms. The van der Waals surface area contributed by atoms with Crippen molar-refractivity contribution in [2.24, 2.45) is 0 Å². The first-order valence-corrected chi connectivity index (χ1v) is 6.34. The molecule has 2 fully saturated rings. The Morgan fingerprint density at radius 2 is 2.41 bits per heavy atom. The molecule has 3 heterocycles. The van der Waals surface area contributed by atoms with Gasteiger partial charge in [0.05, 0.1) is 6.61 Å². The lowest BCUT2D eigenvalue weighted by molar-refractivity contribution is 0.197. The van der Waals surface area contributed by atoms with Crippen LogP contribution < -0.4 is 4.90 Å². The summed E-state index contributed by atoms with van der Waals surface area (Å²) in [6, 6.07) is 1.73. The molecule has 0 spiro atoms. The van der Waals surface area contributed by atoms with E-state index in [1.165, 1.54) is 19.4 Å². The van der Waals surface area contributed by atoms with E-state index in [9.17, 15) is 0 Å². The highest BCUT2D eigenvalue weighted by atomic mass is 16.4. The Bertz CT molecular complexity index is 393. The largest absolute Gasteiger partial charge is 0.432 e. The summed E-state index contributed by atoms with van der Waals surface area (Å²) in [6.45, 7) is 5.46. The van der Waals surface area contributed by atoms with Crippen LogP contribution in [0.5, 0.6) is 0 Å². The van der Waals surface area contributed by atoms with Crippen molar-refractivity contribution in [1.29, 1.82) is 0 Å². The summed E-state index contributed by atoms with van der Waals surface area (Å²) in [4.78, 5) is 9.10. The summed E-state index contributed by atoms with van der Waals surface area (Å²) in [5, 5.41) is 9.02. The fourth-order valence-corrected chi connectivity index (χ4v) is 2.95. The number of aliphatic hydroxyl groups excluding tert-OH is 1. The zero-order valence-corrected chi connectivity index (χ0v) is 10.2. The number of nitrogens with zero attached hydrogens (tertiary/aromatic N) is 3. The second kappa shape index (κ2) is 4.31. The van der Waals surface area contributed by atoms with Crippen molar-refractivity contribution in [2.75, 3.05) is 24.5 Å². The van der Waals surface area contributed by atoms with E-state index in [1.54, 1.807) is 6.26 Å². The van der Waals surface area contributed by atoms with Crippen LogP contribution in [0.25, 0.3) is 0 Å². The molecule has 0 aliphatic carbocycles. The van der Waals surface area contributed by atoms with E-state index < -0.39 is 0 Å². The van der Waals surface area contributed by atoms with Gasteiger partial charge in [-0.15, -0.1) is 0 Å². The monoisotopic (exact) mass is 237 g/mol. The van der Waals surface area contributed by atoms with Gasteiger partial charge < -0.3 is 14.4 Å². The first kappa shape index (κ1) is 11.0. The van der Waals surface area contributed by atoms with E-state index >= 15 is 0 Å². The van der Waals surface area contributed by atoms with Crippen molar-refractivity contribution in [3.8, 4) is 0 Å². The van der Waals surface area contributed by atoms with Gasteiger partial charge in [0.25, 0.3) is 6.01 Å². The maximum absolute atomic E-state index is 9.02. The molecule has 0 amide bonds. The van der Waals surface area contributed by atoms with Crippen molar-refractivity contribution in [3.63, 3.8) is 0 Å². The van der Waals surface area contributed by atoms with Gasteiger partial charge in [-0.3, -0.25) is 4.90 Å². The third-order valence-corrected chi connectivity index (χ3v) is 3.88. The Morgan fingerprint density at radius 1 is 1.53 bits per heavy atom. The molecule has 0 saturated carbocycles. The predicted octanol–water partition coefficient (Wildman–Crippen LogP) is 0.840. The second-order valence-electron chi connectivity index (χ2n) is 5.07. The van der Waals surface area contributed by atoms with Crippen molar-refractivity contribution in [3.05, 3.63) is 12.0 Å². The highest BCUT2D eigenvalue weighted by Gasteiger charge is 2.35. The molecular formula is C12H19N3O2. The molecular weight excluding hydrogens is 218 g/mol. The highest BCUT2D eigenvalue weighted by molar-refractivity contribution is 5.31. The second-order valence-corrected chi connectivity index (χ2v) is 5.07. The van der Waals surface area contributed by atoms with Crippen LogP contribution in [-0.2, 0) is 6.61 Å². The van der Waals surface area contributed by atoms with Crippen LogP contribution in [0, 0.1) is 0 Å². The van der Waals surface area contributed by atoms with E-state index in [0.717, 1.165) is 13.1 Å². The van der Waals surface area contributed by atoms with Gasteiger partial charge in [-0.1, -0.05) is 0 Å². The number of hydrogen-bond donors (Lipinski definition) is 1. The molecule has 2 aliphatic heterocycles. The molecule has 94 valence electrons. The molecule has 0 bridgehead atoms. The highest BCUT2D eigenvalue weighted by Crippen LogP contribution is 2.28. The lowest BCUT2D eigenvalue weighted by Crippen LogP contribution is -2.55. The summed E-state index contributed by atoms with van der Waals surface area (Å²) in [6.07, 6.45) is 4.12. The van der Waals surface area contributed by atoms with Gasteiger partial charge in [0.2, 0.25) is 0 Å². The Kier molecular flexibility index (Phi) is 2.80. The quantitative estimate of drug-likeness (QED) is 0.826. The van der Waals surface area contributed by atoms with Crippen molar-refractivity contribution < 1.29 is 9.52 Å². The van der Waals surface area contributed by atoms with Crippen LogP contribution in [0.2, 0.25) is 0 Å². The molecule has 5 nitrogen and oxygen atoms in total. The molecule has 1 N–H and O–H groups in total. The van der Waals surface area contributed by atoms with Crippen LogP contribution >= 0.6 is 0 Å². The van der Waals surface area contributed by atoms with Crippen molar-refractivity contribution in [1.82, 2.24) is 9.88 Å². The maximum Gasteiger partial charge on any atom is 0.297 e. The lowest BCUT2D eigenvalue weighted by atomic mass is 10.1. The smallest absolute Gasteiger partial charge is 0.297 e. The van der Waals surface area contributed by atoms with Crippen LogP contribution in [0.1, 0.15) is 25.5 Å². The van der Waals surface area contributed by atoms with Gasteiger partial charge in [-0.05, 0) is 26.3 Å². The normalized spacial score (nSPS) is 29.6. The number of fused-ring (bicyclic) bond motifs is 1. The van der Waals surface area contributed by atoms with Gasteiger partial charge >= 0.3 is 0 Å². The fourth-order valence-electron chi connectivity index (χ4n) is 2.95. The Balaban J connectivity index is 1.77. The summed E-state index contributed by atoms with van der Waals surface area (Å²) in [5.74, 6) is 0. The Morgan fingerprint density at radius 3 is 3.18 bits per heavy atom. The van der Waals surface area contributed by atoms with Crippen LogP contribution in [0.3, 0.4) is 0 Å². The average molecular weight is 237 g/mol. The van der Waals surface area contributed by atoms with Gasteiger partial charge in [0, 0.05) is 25.2 Å². The minimum absolute atomic E-state index is 0.0543. The van der Waals surface area contributed by atoms with Crippen LogP contribution in [0.4, 0.5) is 6.01 Å². The van der Waals surface area contributed by atoms with E-state index in [0.29, 0.717) is 23.8 Å². The summed E-state index contributed by atoms with van der Waals surface area (Å²) < 4.78 is 5.45. The SMILES string of the molecule is CC1CN2CCCC2CN1c1nc(CO)co1. The average Bonchev–Trinajstić information content (AvgIpc) is 2.94. The predicted molar refractivity (Wildman–Crippen MR) is 63.8 cm³/mol. The molecule has 3 rings (SSSR count). The molecule has 2 atom stereocenters. The fraction of sp³-hybridized carbons (Fsp3) is 0.750. The number of hydrogen-bond acceptors (Lipinski definition) is 5. The van der Waals surface area contributed by atoms with Crippen molar-refractivity contribution in [2.45, 2.75) is 38.5 Å². The molecule has 1 aromatic rings. The van der Waals surface area contributed by atoms with E-state index in [4.69, 9.17) is 9.52 Å². The van der Waals surface area contributed by atoms with Gasteiger partial charge in [0.1, 0.15) is 12.0 Å². The molecule has 2 unspecified atom stereocenters. The van der Waals surface area contributed by atoms with E-state index in [-0.39, 0.29) is 6.61 Å². The number of oxazole rings is 1. The number of anilines is 1. The van der Waals surface area contributed by atoms with E-state index in [1.807, 2.05) is 0 Å². The number of piperazine rings is 1. The zero-order valence-electron chi connectivity index (χ0n) is 10.2. The minimum Gasteiger partial charge on any atom is -0.432 e. The standard InChI is InChI=1S/C12H19N3O2/c1-9-5-14-4-2-3-11(14)6-15(9)12-13-10(7-16)8-17-12/h8-9,11,16H,2-7H2,1H3. The van der Waals surface area contributed by atoms with Crippen LogP contribution in [-0.4, -0.2) is 46.7 Å². The first-order chi connectivity index (χ1) is 8.28.